The summed E-state index contributed by atoms with van der Waals surface area (Å²) < 4.78 is 62.8. The minimum atomic E-state index is -4.62. The van der Waals surface area contributed by atoms with Gasteiger partial charge in [-0.2, -0.15) is 13.2 Å². The van der Waals surface area contributed by atoms with Crippen molar-refractivity contribution in [3.8, 4) is 22.6 Å². The number of nitrogens with one attached hydrogen (secondary N) is 1. The molecule has 0 amide bonds. The number of carbonyl (C=O) groups is 1. The molecule has 0 saturated heterocycles. The smallest absolute Gasteiger partial charge is 0.416 e. The maximum Gasteiger partial charge on any atom is 0.416 e. The summed E-state index contributed by atoms with van der Waals surface area (Å²) in [5.41, 5.74) is 0.370. The predicted molar refractivity (Wildman–Crippen MR) is 149 cm³/mol. The molecule has 3 aromatic carbocycles. The van der Waals surface area contributed by atoms with Gasteiger partial charge < -0.3 is 23.9 Å². The molecule has 1 heterocycles. The van der Waals surface area contributed by atoms with Gasteiger partial charge in [-0.3, -0.25) is 4.79 Å². The quantitative estimate of drug-likeness (QED) is 0.168. The third-order valence-electron chi connectivity index (χ3n) is 6.56. The Labute approximate surface area is 234 Å². The zero-order valence-electron chi connectivity index (χ0n) is 23.1. The first kappa shape index (κ1) is 29.7. The summed E-state index contributed by atoms with van der Waals surface area (Å²) in [4.78, 5) is 25.2. The summed E-state index contributed by atoms with van der Waals surface area (Å²) in [6.07, 6.45) is -4.62. The van der Waals surface area contributed by atoms with Gasteiger partial charge in [-0.25, -0.2) is 4.79 Å². The highest BCUT2D eigenvalue weighted by atomic mass is 19.4. The number of rotatable bonds is 10. The number of methoxy groups -OCH3 is 1. The van der Waals surface area contributed by atoms with Crippen molar-refractivity contribution < 1.29 is 36.6 Å². The number of halogens is 3. The van der Waals surface area contributed by atoms with Crippen LogP contribution in [0.25, 0.3) is 22.1 Å². The second-order valence-electron chi connectivity index (χ2n) is 9.36. The van der Waals surface area contributed by atoms with Crippen LogP contribution in [0.2, 0.25) is 0 Å². The number of ether oxygens (including phenoxy) is 3. The van der Waals surface area contributed by atoms with E-state index in [4.69, 9.17) is 18.6 Å². The lowest BCUT2D eigenvalue weighted by molar-refractivity contribution is -0.137. The van der Waals surface area contributed by atoms with Crippen molar-refractivity contribution in [2.45, 2.75) is 33.0 Å². The Balaban J connectivity index is 1.58. The van der Waals surface area contributed by atoms with E-state index in [1.165, 1.54) is 31.2 Å². The van der Waals surface area contributed by atoms with E-state index in [1.807, 2.05) is 31.2 Å². The largest absolute Gasteiger partial charge is 0.497 e. The van der Waals surface area contributed by atoms with Crippen LogP contribution >= 0.6 is 0 Å². The van der Waals surface area contributed by atoms with Crippen LogP contribution in [0.15, 0.2) is 69.9 Å². The molecule has 1 atom stereocenters. The third kappa shape index (κ3) is 6.89. The fourth-order valence-corrected chi connectivity index (χ4v) is 4.34. The van der Waals surface area contributed by atoms with Gasteiger partial charge in [-0.1, -0.05) is 18.2 Å². The van der Waals surface area contributed by atoms with Crippen LogP contribution < -0.4 is 20.2 Å². The van der Waals surface area contributed by atoms with Crippen molar-refractivity contribution in [2.24, 2.45) is 0 Å². The molecule has 0 bridgehead atoms. The van der Waals surface area contributed by atoms with Crippen LogP contribution in [0.5, 0.6) is 11.5 Å². The van der Waals surface area contributed by atoms with E-state index < -0.39 is 23.1 Å². The maximum absolute atomic E-state index is 13.8. The number of esters is 1. The van der Waals surface area contributed by atoms with E-state index in [9.17, 15) is 22.8 Å². The molecular weight excluding hydrogens is 539 g/mol. The van der Waals surface area contributed by atoms with Crippen LogP contribution in [-0.2, 0) is 10.9 Å². The fourth-order valence-electron chi connectivity index (χ4n) is 4.34. The van der Waals surface area contributed by atoms with Gasteiger partial charge in [-0.05, 0) is 79.9 Å². The summed E-state index contributed by atoms with van der Waals surface area (Å²) in [5, 5.41) is 3.41. The lowest BCUT2D eigenvalue weighted by atomic mass is 10.00. The van der Waals surface area contributed by atoms with Gasteiger partial charge >= 0.3 is 12.1 Å². The molecule has 0 unspecified atom stereocenters. The topological polar surface area (TPSA) is 87.0 Å². The van der Waals surface area contributed by atoms with Crippen LogP contribution in [0, 0.1) is 6.92 Å². The Morgan fingerprint density at radius 2 is 1.80 bits per heavy atom. The molecule has 0 aliphatic carbocycles. The maximum atomic E-state index is 13.8. The molecule has 0 spiro atoms. The Bertz CT molecular complexity index is 1610. The summed E-state index contributed by atoms with van der Waals surface area (Å²) in [7, 11) is 1.59. The van der Waals surface area contributed by atoms with Crippen molar-refractivity contribution in [3.63, 3.8) is 0 Å². The first-order valence-corrected chi connectivity index (χ1v) is 13.0. The van der Waals surface area contributed by atoms with Gasteiger partial charge in [0, 0.05) is 18.2 Å². The van der Waals surface area contributed by atoms with Crippen molar-refractivity contribution in [3.05, 3.63) is 93.3 Å². The third-order valence-corrected chi connectivity index (χ3v) is 6.56. The second kappa shape index (κ2) is 12.5. The van der Waals surface area contributed by atoms with Crippen molar-refractivity contribution in [2.75, 3.05) is 26.9 Å². The molecular formula is C31H30F3NO6. The minimum absolute atomic E-state index is 0.0339. The minimum Gasteiger partial charge on any atom is -0.497 e. The van der Waals surface area contributed by atoms with Crippen molar-refractivity contribution in [1.29, 1.82) is 0 Å². The molecule has 41 heavy (non-hydrogen) atoms. The van der Waals surface area contributed by atoms with Crippen molar-refractivity contribution >= 4 is 16.9 Å². The van der Waals surface area contributed by atoms with E-state index >= 15 is 0 Å². The molecule has 0 aliphatic heterocycles. The van der Waals surface area contributed by atoms with E-state index in [-0.39, 0.29) is 52.9 Å². The molecule has 0 radical (unpaired) electrons. The Morgan fingerprint density at radius 3 is 2.51 bits per heavy atom. The van der Waals surface area contributed by atoms with Gasteiger partial charge in [0.15, 0.2) is 5.43 Å². The average molecular weight is 570 g/mol. The SMILES string of the molecule is CCOC(=O)c1oc2ccc(-c3cc(OCCN[C@H](C)c4cccc(OC)c4)cc(C(F)(F)F)c3)cc2c(=O)c1C. The van der Waals surface area contributed by atoms with Gasteiger partial charge in [0.1, 0.15) is 23.7 Å². The highest BCUT2D eigenvalue weighted by Crippen LogP contribution is 2.36. The van der Waals surface area contributed by atoms with Crippen LogP contribution in [0.4, 0.5) is 13.2 Å². The zero-order chi connectivity index (χ0) is 29.7. The molecule has 216 valence electrons. The number of alkyl halides is 3. The average Bonchev–Trinajstić information content (AvgIpc) is 2.96. The highest BCUT2D eigenvalue weighted by molar-refractivity contribution is 5.92. The molecule has 10 heteroatoms. The first-order valence-electron chi connectivity index (χ1n) is 13.0. The van der Waals surface area contributed by atoms with Crippen LogP contribution in [0.1, 0.15) is 47.1 Å². The fraction of sp³-hybridized carbons (Fsp3) is 0.290. The van der Waals surface area contributed by atoms with E-state index in [0.717, 1.165) is 23.4 Å². The molecule has 1 aromatic heterocycles. The summed E-state index contributed by atoms with van der Waals surface area (Å²) in [6, 6.07) is 15.4. The van der Waals surface area contributed by atoms with E-state index in [1.54, 1.807) is 14.0 Å². The number of benzene rings is 3. The zero-order valence-corrected chi connectivity index (χ0v) is 23.1. The highest BCUT2D eigenvalue weighted by Gasteiger charge is 2.31. The predicted octanol–water partition coefficient (Wildman–Crippen LogP) is 6.70. The van der Waals surface area contributed by atoms with Gasteiger partial charge in [0.25, 0.3) is 0 Å². The van der Waals surface area contributed by atoms with Crippen molar-refractivity contribution in [1.82, 2.24) is 5.32 Å². The second-order valence-corrected chi connectivity index (χ2v) is 9.36. The molecule has 0 saturated carbocycles. The number of hydrogen-bond acceptors (Lipinski definition) is 7. The number of fused-ring (bicyclic) bond motifs is 1. The normalized spacial score (nSPS) is 12.3. The molecule has 4 rings (SSSR count). The Kier molecular flexibility index (Phi) is 9.02. The summed E-state index contributed by atoms with van der Waals surface area (Å²) in [6.45, 7) is 5.63. The van der Waals surface area contributed by atoms with Gasteiger partial charge in [-0.15, -0.1) is 0 Å². The monoisotopic (exact) mass is 569 g/mol. The lowest BCUT2D eigenvalue weighted by Crippen LogP contribution is -2.24. The van der Waals surface area contributed by atoms with Crippen LogP contribution in [-0.4, -0.2) is 32.8 Å². The van der Waals surface area contributed by atoms with Gasteiger partial charge in [0.2, 0.25) is 5.76 Å². The Morgan fingerprint density at radius 1 is 1.02 bits per heavy atom. The summed E-state index contributed by atoms with van der Waals surface area (Å²) in [5.74, 6) is -0.210. The molecule has 4 aromatic rings. The standard InChI is InChI=1S/C31H30F3NO6/c1-5-39-30(37)29-18(2)28(36)26-16-21(9-10-27(26)41-29)22-13-23(31(32,33)34)17-25(15-22)40-12-11-35-19(3)20-7-6-8-24(14-20)38-4/h6-10,13-17,19,35H,5,11-12H2,1-4H3/t19-/m1/s1. The van der Waals surface area contributed by atoms with Crippen LogP contribution in [0.3, 0.4) is 0 Å². The molecule has 0 fully saturated rings. The lowest BCUT2D eigenvalue weighted by Gasteiger charge is -2.17. The van der Waals surface area contributed by atoms with E-state index in [2.05, 4.69) is 5.32 Å². The summed E-state index contributed by atoms with van der Waals surface area (Å²) >= 11 is 0. The molecule has 7 nitrogen and oxygen atoms in total. The number of carbonyl (C=O) groups excluding carboxylic acids is 1. The Hall–Kier alpha value is -4.31. The molecule has 0 aliphatic rings. The molecule has 1 N–H and O–H groups in total. The first-order chi connectivity index (χ1) is 19.5. The van der Waals surface area contributed by atoms with E-state index in [0.29, 0.717) is 12.1 Å². The number of hydrogen-bond donors (Lipinski definition) is 1. The van der Waals surface area contributed by atoms with Gasteiger partial charge in [0.05, 0.1) is 24.7 Å².